The Morgan fingerprint density at radius 3 is 2.55 bits per heavy atom. The van der Waals surface area contributed by atoms with Gasteiger partial charge in [0.1, 0.15) is 0 Å². The third-order valence-corrected chi connectivity index (χ3v) is 5.32. The van der Waals surface area contributed by atoms with Crippen molar-refractivity contribution in [3.05, 3.63) is 41.7 Å². The first-order valence-corrected chi connectivity index (χ1v) is 9.53. The fourth-order valence-electron chi connectivity index (χ4n) is 3.42. The van der Waals surface area contributed by atoms with Gasteiger partial charge in [0.2, 0.25) is 0 Å². The number of halogens is 4. The number of alkyl halides is 3. The Morgan fingerprint density at radius 1 is 1.17 bits per heavy atom. The number of benzene rings is 1. The standard InChI is InChI=1S/C19H22F3N5O.ClH/c20-19(21,22)14-2-1-3-16(10-14)27-12-17(24-25-27)18(28)26-8-6-15(7-9-26)23-11-13-4-5-13;/h1-3,10,12-13,15,23H,4-9,11H2;1H. The van der Waals surface area contributed by atoms with Gasteiger partial charge in [-0.2, -0.15) is 13.2 Å². The average Bonchev–Trinajstić information content (AvgIpc) is 3.39. The average molecular weight is 430 g/mol. The molecule has 10 heteroatoms. The van der Waals surface area contributed by atoms with Crippen LogP contribution in [-0.4, -0.2) is 51.5 Å². The van der Waals surface area contributed by atoms with E-state index in [0.29, 0.717) is 19.1 Å². The van der Waals surface area contributed by atoms with Gasteiger partial charge < -0.3 is 10.2 Å². The SMILES string of the molecule is Cl.O=C(c1cn(-c2cccc(C(F)(F)F)c2)nn1)N1CCC(NCC2CC2)CC1. The van der Waals surface area contributed by atoms with E-state index in [1.165, 1.54) is 35.9 Å². The molecule has 0 bridgehead atoms. The number of carbonyl (C=O) groups excluding carboxylic acids is 1. The van der Waals surface area contributed by atoms with Crippen LogP contribution in [0, 0.1) is 5.92 Å². The van der Waals surface area contributed by atoms with Crippen LogP contribution in [0.4, 0.5) is 13.2 Å². The number of nitrogens with zero attached hydrogens (tertiary/aromatic N) is 4. The second-order valence-corrected chi connectivity index (χ2v) is 7.51. The molecule has 1 aromatic heterocycles. The quantitative estimate of drug-likeness (QED) is 0.792. The molecule has 0 atom stereocenters. The summed E-state index contributed by atoms with van der Waals surface area (Å²) in [7, 11) is 0. The lowest BCUT2D eigenvalue weighted by molar-refractivity contribution is -0.137. The molecule has 0 unspecified atom stereocenters. The van der Waals surface area contributed by atoms with Crippen molar-refractivity contribution < 1.29 is 18.0 Å². The van der Waals surface area contributed by atoms with Crippen molar-refractivity contribution in [2.45, 2.75) is 37.9 Å². The minimum atomic E-state index is -4.44. The van der Waals surface area contributed by atoms with Crippen molar-refractivity contribution in [1.29, 1.82) is 0 Å². The second-order valence-electron chi connectivity index (χ2n) is 7.51. The van der Waals surface area contributed by atoms with Gasteiger partial charge in [-0.05, 0) is 56.3 Å². The first-order valence-electron chi connectivity index (χ1n) is 9.53. The molecule has 1 aliphatic heterocycles. The number of nitrogens with one attached hydrogen (secondary N) is 1. The third-order valence-electron chi connectivity index (χ3n) is 5.32. The third kappa shape index (κ3) is 5.27. The van der Waals surface area contributed by atoms with Crippen LogP contribution >= 0.6 is 12.4 Å². The van der Waals surface area contributed by atoms with Gasteiger partial charge in [-0.25, -0.2) is 4.68 Å². The molecular weight excluding hydrogens is 407 g/mol. The molecule has 0 spiro atoms. The Labute approximate surface area is 172 Å². The highest BCUT2D eigenvalue weighted by atomic mass is 35.5. The minimum absolute atomic E-state index is 0. The summed E-state index contributed by atoms with van der Waals surface area (Å²) in [6.45, 7) is 2.33. The summed E-state index contributed by atoms with van der Waals surface area (Å²) in [4.78, 5) is 14.4. The van der Waals surface area contributed by atoms with Gasteiger partial charge in [-0.15, -0.1) is 17.5 Å². The Bertz CT molecular complexity index is 844. The van der Waals surface area contributed by atoms with Crippen molar-refractivity contribution in [3.63, 3.8) is 0 Å². The second kappa shape index (κ2) is 8.71. The number of likely N-dealkylation sites (tertiary alicyclic amines) is 1. The molecule has 158 valence electrons. The summed E-state index contributed by atoms with van der Waals surface area (Å²) < 4.78 is 39.8. The molecule has 6 nitrogen and oxygen atoms in total. The van der Waals surface area contributed by atoms with Crippen LogP contribution in [0.15, 0.2) is 30.5 Å². The first kappa shape index (κ1) is 21.6. The zero-order valence-electron chi connectivity index (χ0n) is 15.7. The number of hydrogen-bond donors (Lipinski definition) is 1. The van der Waals surface area contributed by atoms with E-state index in [4.69, 9.17) is 0 Å². The molecule has 1 N–H and O–H groups in total. The predicted molar refractivity (Wildman–Crippen MR) is 103 cm³/mol. The maximum Gasteiger partial charge on any atom is 0.416 e. The van der Waals surface area contributed by atoms with Crippen molar-refractivity contribution in [3.8, 4) is 5.69 Å². The minimum Gasteiger partial charge on any atom is -0.337 e. The lowest BCUT2D eigenvalue weighted by Gasteiger charge is -2.32. The van der Waals surface area contributed by atoms with Crippen LogP contribution < -0.4 is 5.32 Å². The number of piperidine rings is 1. The van der Waals surface area contributed by atoms with Crippen LogP contribution in [0.2, 0.25) is 0 Å². The highest BCUT2D eigenvalue weighted by Gasteiger charge is 2.31. The Hall–Kier alpha value is -2.13. The molecule has 1 amide bonds. The molecule has 1 saturated carbocycles. The molecule has 2 heterocycles. The Balaban J connectivity index is 0.00000240. The van der Waals surface area contributed by atoms with Gasteiger partial charge in [0, 0.05) is 19.1 Å². The van der Waals surface area contributed by atoms with Crippen molar-refractivity contribution in [1.82, 2.24) is 25.2 Å². The number of carbonyl (C=O) groups is 1. The van der Waals surface area contributed by atoms with Gasteiger partial charge in [-0.3, -0.25) is 4.79 Å². The van der Waals surface area contributed by atoms with Crippen LogP contribution in [0.25, 0.3) is 5.69 Å². The predicted octanol–water partition coefficient (Wildman–Crippen LogP) is 3.31. The normalized spacial score (nSPS) is 17.8. The molecule has 2 aliphatic rings. The summed E-state index contributed by atoms with van der Waals surface area (Å²) in [5, 5.41) is 11.3. The summed E-state index contributed by atoms with van der Waals surface area (Å²) in [6, 6.07) is 5.22. The van der Waals surface area contributed by atoms with Crippen LogP contribution in [0.1, 0.15) is 41.7 Å². The molecule has 1 aromatic carbocycles. The van der Waals surface area contributed by atoms with E-state index >= 15 is 0 Å². The highest BCUT2D eigenvalue weighted by Crippen LogP contribution is 2.30. The number of amides is 1. The smallest absolute Gasteiger partial charge is 0.337 e. The maximum absolute atomic E-state index is 12.9. The summed E-state index contributed by atoms with van der Waals surface area (Å²) >= 11 is 0. The molecule has 2 aromatic rings. The van der Waals surface area contributed by atoms with Crippen molar-refractivity contribution in [2.75, 3.05) is 19.6 Å². The van der Waals surface area contributed by atoms with Crippen molar-refractivity contribution >= 4 is 18.3 Å². The van der Waals surface area contributed by atoms with E-state index in [1.54, 1.807) is 4.90 Å². The number of rotatable bonds is 5. The molecule has 4 rings (SSSR count). The molecule has 2 fully saturated rings. The van der Waals surface area contributed by atoms with Gasteiger partial charge in [0.15, 0.2) is 5.69 Å². The highest BCUT2D eigenvalue weighted by molar-refractivity contribution is 5.92. The molecule has 1 aliphatic carbocycles. The first-order chi connectivity index (χ1) is 13.4. The van der Waals surface area contributed by atoms with Gasteiger partial charge in [0.25, 0.3) is 5.91 Å². The maximum atomic E-state index is 12.9. The fraction of sp³-hybridized carbons (Fsp3) is 0.526. The summed E-state index contributed by atoms with van der Waals surface area (Å²) in [6.07, 6.45) is 1.35. The number of aromatic nitrogens is 3. The number of hydrogen-bond acceptors (Lipinski definition) is 4. The largest absolute Gasteiger partial charge is 0.416 e. The zero-order chi connectivity index (χ0) is 19.7. The Morgan fingerprint density at radius 2 is 1.90 bits per heavy atom. The summed E-state index contributed by atoms with van der Waals surface area (Å²) in [5.41, 5.74) is -0.416. The molecule has 1 saturated heterocycles. The topological polar surface area (TPSA) is 63.1 Å². The fourth-order valence-corrected chi connectivity index (χ4v) is 3.42. The van der Waals surface area contributed by atoms with Crippen molar-refractivity contribution in [2.24, 2.45) is 5.92 Å². The van der Waals surface area contributed by atoms with E-state index in [0.717, 1.165) is 37.4 Å². The molecular formula is C19H23ClF3N5O. The van der Waals surface area contributed by atoms with E-state index in [9.17, 15) is 18.0 Å². The van der Waals surface area contributed by atoms with Gasteiger partial charge in [0.05, 0.1) is 17.4 Å². The van der Waals surface area contributed by atoms with Gasteiger partial charge in [-0.1, -0.05) is 11.3 Å². The Kier molecular flexibility index (Phi) is 6.48. The lowest BCUT2D eigenvalue weighted by Crippen LogP contribution is -2.45. The van der Waals surface area contributed by atoms with Crippen LogP contribution in [0.3, 0.4) is 0 Å². The monoisotopic (exact) mass is 429 g/mol. The van der Waals surface area contributed by atoms with Crippen LogP contribution in [-0.2, 0) is 6.18 Å². The van der Waals surface area contributed by atoms with E-state index in [-0.39, 0.29) is 29.7 Å². The van der Waals surface area contributed by atoms with Gasteiger partial charge >= 0.3 is 6.18 Å². The van der Waals surface area contributed by atoms with Crippen LogP contribution in [0.5, 0.6) is 0 Å². The van der Waals surface area contributed by atoms with E-state index in [2.05, 4.69) is 15.6 Å². The van der Waals surface area contributed by atoms with E-state index in [1.807, 2.05) is 0 Å². The van der Waals surface area contributed by atoms with E-state index < -0.39 is 11.7 Å². The molecule has 29 heavy (non-hydrogen) atoms. The lowest BCUT2D eigenvalue weighted by atomic mass is 10.0. The summed E-state index contributed by atoms with van der Waals surface area (Å²) in [5.74, 6) is 0.587. The zero-order valence-corrected chi connectivity index (χ0v) is 16.5. The molecule has 0 radical (unpaired) electrons.